The smallest absolute Gasteiger partial charge is 0.338 e. The van der Waals surface area contributed by atoms with Gasteiger partial charge in [0, 0.05) is 38.3 Å². The van der Waals surface area contributed by atoms with Crippen molar-refractivity contribution in [3.8, 4) is 0 Å². The van der Waals surface area contributed by atoms with E-state index in [0.717, 1.165) is 37.2 Å². The average molecular weight is 380 g/mol. The van der Waals surface area contributed by atoms with E-state index in [-0.39, 0.29) is 17.9 Å². The molecule has 2 aromatic rings. The van der Waals surface area contributed by atoms with E-state index in [9.17, 15) is 9.59 Å². The molecule has 0 saturated carbocycles. The molecular formula is C23H28N2O3. The van der Waals surface area contributed by atoms with E-state index in [2.05, 4.69) is 17.0 Å². The van der Waals surface area contributed by atoms with Crippen molar-refractivity contribution in [3.05, 3.63) is 65.7 Å². The first-order valence-corrected chi connectivity index (χ1v) is 9.91. The Labute approximate surface area is 166 Å². The molecule has 28 heavy (non-hydrogen) atoms. The van der Waals surface area contributed by atoms with Gasteiger partial charge in [-0.05, 0) is 49.6 Å². The number of carbonyl (C=O) groups excluding carboxylic acids is 2. The Morgan fingerprint density at radius 2 is 1.68 bits per heavy atom. The van der Waals surface area contributed by atoms with Crippen LogP contribution < -0.4 is 4.90 Å². The average Bonchev–Trinajstić information content (AvgIpc) is 2.73. The van der Waals surface area contributed by atoms with Gasteiger partial charge in [-0.25, -0.2) is 4.79 Å². The minimum atomic E-state index is -0.286. The Hall–Kier alpha value is -2.82. The second kappa shape index (κ2) is 9.40. The summed E-state index contributed by atoms with van der Waals surface area (Å²) < 4.78 is 5.03. The number of nitrogens with zero attached hydrogens (tertiary/aromatic N) is 2. The lowest BCUT2D eigenvalue weighted by atomic mass is 10.0. The second-order valence-electron chi connectivity index (χ2n) is 7.12. The lowest BCUT2D eigenvalue weighted by molar-refractivity contribution is -0.132. The van der Waals surface area contributed by atoms with E-state index in [1.165, 1.54) is 0 Å². The van der Waals surface area contributed by atoms with Gasteiger partial charge in [0.05, 0.1) is 12.2 Å². The topological polar surface area (TPSA) is 49.9 Å². The number of hydrogen-bond donors (Lipinski definition) is 0. The lowest BCUT2D eigenvalue weighted by Crippen LogP contribution is -2.46. The van der Waals surface area contributed by atoms with Gasteiger partial charge >= 0.3 is 5.97 Å². The zero-order valence-corrected chi connectivity index (χ0v) is 16.6. The summed E-state index contributed by atoms with van der Waals surface area (Å²) in [6.45, 7) is 6.28. The molecule has 0 unspecified atom stereocenters. The second-order valence-corrected chi connectivity index (χ2v) is 7.12. The summed E-state index contributed by atoms with van der Waals surface area (Å²) in [5.74, 6) is -0.160. The van der Waals surface area contributed by atoms with Crippen LogP contribution in [0, 0.1) is 0 Å². The first kappa shape index (κ1) is 19.9. The Bertz CT molecular complexity index is 781. The van der Waals surface area contributed by atoms with E-state index >= 15 is 0 Å². The molecule has 148 valence electrons. The molecule has 3 rings (SSSR count). The molecular weight excluding hydrogens is 352 g/mol. The number of anilines is 1. The van der Waals surface area contributed by atoms with Gasteiger partial charge < -0.3 is 14.5 Å². The molecule has 1 saturated heterocycles. The first-order valence-electron chi connectivity index (χ1n) is 9.91. The zero-order valence-electron chi connectivity index (χ0n) is 16.6. The summed E-state index contributed by atoms with van der Waals surface area (Å²) in [5.41, 5.74) is 2.84. The van der Waals surface area contributed by atoms with Crippen LogP contribution in [-0.4, -0.2) is 42.5 Å². The van der Waals surface area contributed by atoms with Gasteiger partial charge in [-0.15, -0.1) is 0 Å². The maximum Gasteiger partial charge on any atom is 0.338 e. The van der Waals surface area contributed by atoms with Gasteiger partial charge in [0.2, 0.25) is 5.91 Å². The van der Waals surface area contributed by atoms with Crippen molar-refractivity contribution in [1.82, 2.24) is 4.90 Å². The van der Waals surface area contributed by atoms with E-state index in [0.29, 0.717) is 18.7 Å². The van der Waals surface area contributed by atoms with Crippen molar-refractivity contribution in [2.45, 2.75) is 39.3 Å². The fourth-order valence-electron chi connectivity index (χ4n) is 3.74. The van der Waals surface area contributed by atoms with Crippen LogP contribution >= 0.6 is 0 Å². The largest absolute Gasteiger partial charge is 0.462 e. The molecule has 0 radical (unpaired) electrons. The number of rotatable bonds is 6. The highest BCUT2D eigenvalue weighted by molar-refractivity contribution is 5.89. The highest BCUT2D eigenvalue weighted by Crippen LogP contribution is 2.24. The number of hydrogen-bond acceptors (Lipinski definition) is 4. The van der Waals surface area contributed by atoms with E-state index in [4.69, 9.17) is 4.74 Å². The minimum Gasteiger partial charge on any atom is -0.462 e. The molecule has 0 N–H and O–H groups in total. The highest BCUT2D eigenvalue weighted by atomic mass is 16.5. The molecule has 0 spiro atoms. The summed E-state index contributed by atoms with van der Waals surface area (Å²) in [5, 5.41) is 0. The van der Waals surface area contributed by atoms with Gasteiger partial charge in [0.25, 0.3) is 0 Å². The third kappa shape index (κ3) is 4.91. The molecule has 0 bridgehead atoms. The number of benzene rings is 2. The monoisotopic (exact) mass is 380 g/mol. The molecule has 0 aliphatic carbocycles. The zero-order chi connectivity index (χ0) is 19.9. The van der Waals surface area contributed by atoms with Gasteiger partial charge in [0.1, 0.15) is 0 Å². The van der Waals surface area contributed by atoms with E-state index < -0.39 is 0 Å². The molecule has 0 atom stereocenters. The van der Waals surface area contributed by atoms with Crippen LogP contribution in [0.4, 0.5) is 5.69 Å². The third-order valence-corrected chi connectivity index (χ3v) is 5.25. The Kier molecular flexibility index (Phi) is 6.69. The van der Waals surface area contributed by atoms with Gasteiger partial charge in [-0.3, -0.25) is 4.79 Å². The van der Waals surface area contributed by atoms with Gasteiger partial charge in [-0.2, -0.15) is 0 Å². The standard InChI is InChI=1S/C23H28N2O3/c1-3-28-23(27)20-9-11-21(12-10-20)24-15-13-22(14-16-24)25(18(2)26)17-19-7-5-4-6-8-19/h4-12,22H,3,13-17H2,1-2H3. The van der Waals surface area contributed by atoms with Crippen molar-refractivity contribution in [2.75, 3.05) is 24.6 Å². The van der Waals surface area contributed by atoms with Gasteiger partial charge in [-0.1, -0.05) is 30.3 Å². The molecule has 1 heterocycles. The molecule has 5 heteroatoms. The highest BCUT2D eigenvalue weighted by Gasteiger charge is 2.26. The van der Waals surface area contributed by atoms with Crippen LogP contribution in [0.2, 0.25) is 0 Å². The van der Waals surface area contributed by atoms with Crippen LogP contribution in [0.3, 0.4) is 0 Å². The summed E-state index contributed by atoms with van der Waals surface area (Å²) in [6.07, 6.45) is 1.87. The molecule has 2 aromatic carbocycles. The summed E-state index contributed by atoms with van der Waals surface area (Å²) in [6, 6.07) is 18.0. The van der Waals surface area contributed by atoms with Crippen molar-refractivity contribution < 1.29 is 14.3 Å². The molecule has 0 aromatic heterocycles. The fraction of sp³-hybridized carbons (Fsp3) is 0.391. The predicted octanol–water partition coefficient (Wildman–Crippen LogP) is 3.88. The summed E-state index contributed by atoms with van der Waals surface area (Å²) in [7, 11) is 0. The number of carbonyl (C=O) groups is 2. The molecule has 1 aliphatic rings. The van der Waals surface area contributed by atoms with Crippen molar-refractivity contribution in [2.24, 2.45) is 0 Å². The van der Waals surface area contributed by atoms with E-state index in [1.54, 1.807) is 13.8 Å². The number of esters is 1. The van der Waals surface area contributed by atoms with Crippen LogP contribution in [0.5, 0.6) is 0 Å². The predicted molar refractivity (Wildman–Crippen MR) is 110 cm³/mol. The Balaban J connectivity index is 1.59. The van der Waals surface area contributed by atoms with Crippen LogP contribution in [0.15, 0.2) is 54.6 Å². The third-order valence-electron chi connectivity index (χ3n) is 5.25. The lowest BCUT2D eigenvalue weighted by Gasteiger charge is -2.39. The minimum absolute atomic E-state index is 0.126. The Morgan fingerprint density at radius 1 is 1.04 bits per heavy atom. The number of piperidine rings is 1. The normalized spacial score (nSPS) is 14.6. The number of ether oxygens (including phenoxy) is 1. The summed E-state index contributed by atoms with van der Waals surface area (Å²) >= 11 is 0. The van der Waals surface area contributed by atoms with Crippen molar-refractivity contribution in [3.63, 3.8) is 0 Å². The van der Waals surface area contributed by atoms with E-state index in [1.807, 2.05) is 47.4 Å². The molecule has 1 fully saturated rings. The number of amides is 1. The van der Waals surface area contributed by atoms with Crippen molar-refractivity contribution >= 4 is 17.6 Å². The van der Waals surface area contributed by atoms with Crippen molar-refractivity contribution in [1.29, 1.82) is 0 Å². The van der Waals surface area contributed by atoms with Crippen LogP contribution in [0.1, 0.15) is 42.6 Å². The molecule has 1 amide bonds. The molecule has 1 aliphatic heterocycles. The first-order chi connectivity index (χ1) is 13.6. The Morgan fingerprint density at radius 3 is 2.25 bits per heavy atom. The quantitative estimate of drug-likeness (QED) is 0.714. The fourth-order valence-corrected chi connectivity index (χ4v) is 3.74. The van der Waals surface area contributed by atoms with Crippen LogP contribution in [0.25, 0.3) is 0 Å². The van der Waals surface area contributed by atoms with Crippen LogP contribution in [-0.2, 0) is 16.1 Å². The maximum absolute atomic E-state index is 12.2. The SMILES string of the molecule is CCOC(=O)c1ccc(N2CCC(N(Cc3ccccc3)C(C)=O)CC2)cc1. The summed E-state index contributed by atoms with van der Waals surface area (Å²) in [4.78, 5) is 28.3. The maximum atomic E-state index is 12.2. The molecule has 5 nitrogen and oxygen atoms in total. The van der Waals surface area contributed by atoms with Gasteiger partial charge in [0.15, 0.2) is 0 Å².